The van der Waals surface area contributed by atoms with Gasteiger partial charge in [-0.3, -0.25) is 33.7 Å². The second kappa shape index (κ2) is 11.1. The first-order valence-electron chi connectivity index (χ1n) is 10.1. The number of urea groups is 1. The molecule has 176 valence electrons. The SMILES string of the molecule is CCOC(=O)CNC(=O)CC(NC(=O)N1CCN(CC)C(=O)C1=O)C(=O)NC1CNC1=O. The maximum Gasteiger partial charge on any atom is 0.325 e. The van der Waals surface area contributed by atoms with Crippen LogP contribution in [0, 0.1) is 0 Å². The van der Waals surface area contributed by atoms with Crippen LogP contribution < -0.4 is 21.3 Å². The van der Waals surface area contributed by atoms with Gasteiger partial charge in [0.15, 0.2) is 0 Å². The molecule has 0 aromatic heterocycles. The average molecular weight is 454 g/mol. The summed E-state index contributed by atoms with van der Waals surface area (Å²) in [4.78, 5) is 86.3. The Bertz CT molecular complexity index is 815. The highest BCUT2D eigenvalue weighted by molar-refractivity contribution is 6.38. The normalized spacial score (nSPS) is 18.8. The van der Waals surface area contributed by atoms with Crippen LogP contribution in [0.4, 0.5) is 4.79 Å². The van der Waals surface area contributed by atoms with E-state index in [1.54, 1.807) is 13.8 Å². The Kier molecular flexibility index (Phi) is 8.49. The van der Waals surface area contributed by atoms with Gasteiger partial charge in [0, 0.05) is 26.2 Å². The van der Waals surface area contributed by atoms with E-state index in [-0.39, 0.29) is 26.2 Å². The number of hydrogen-bond donors (Lipinski definition) is 4. The van der Waals surface area contributed by atoms with Gasteiger partial charge in [-0.1, -0.05) is 0 Å². The molecule has 0 bridgehead atoms. The lowest BCUT2D eigenvalue weighted by Crippen LogP contribution is -2.65. The fourth-order valence-electron chi connectivity index (χ4n) is 2.92. The van der Waals surface area contributed by atoms with Crippen molar-refractivity contribution in [3.8, 4) is 0 Å². The van der Waals surface area contributed by atoms with E-state index >= 15 is 0 Å². The molecule has 4 N–H and O–H groups in total. The minimum absolute atomic E-state index is 0.0847. The third-order valence-corrected chi connectivity index (χ3v) is 4.79. The van der Waals surface area contributed by atoms with Crippen LogP contribution in [-0.2, 0) is 33.5 Å². The third kappa shape index (κ3) is 6.15. The standard InChI is InChI=1S/C18H26N6O8/c1-3-23-5-6-24(17(30)16(23)29)18(31)22-10(15(28)21-11-8-20-14(11)27)7-12(25)19-9-13(26)32-4-2/h10-11H,3-9H2,1-2H3,(H,19,25)(H,20,27)(H,21,28)(H,22,31). The van der Waals surface area contributed by atoms with Crippen LogP contribution in [-0.4, -0.2) is 103 Å². The number of ether oxygens (including phenoxy) is 1. The molecule has 2 aliphatic rings. The molecule has 14 heteroatoms. The topological polar surface area (TPSA) is 183 Å². The van der Waals surface area contributed by atoms with Crippen LogP contribution >= 0.6 is 0 Å². The highest BCUT2D eigenvalue weighted by Gasteiger charge is 2.38. The molecule has 0 radical (unpaired) electrons. The van der Waals surface area contributed by atoms with Crippen molar-refractivity contribution in [2.24, 2.45) is 0 Å². The van der Waals surface area contributed by atoms with Gasteiger partial charge in [-0.15, -0.1) is 0 Å². The second-order valence-corrected chi connectivity index (χ2v) is 6.94. The van der Waals surface area contributed by atoms with Crippen molar-refractivity contribution >= 4 is 41.5 Å². The summed E-state index contributed by atoms with van der Waals surface area (Å²) in [7, 11) is 0. The molecule has 14 nitrogen and oxygen atoms in total. The second-order valence-electron chi connectivity index (χ2n) is 6.94. The highest BCUT2D eigenvalue weighted by Crippen LogP contribution is 2.07. The molecular formula is C18H26N6O8. The molecule has 32 heavy (non-hydrogen) atoms. The minimum atomic E-state index is -1.47. The van der Waals surface area contributed by atoms with Crippen molar-refractivity contribution in [1.29, 1.82) is 0 Å². The number of nitrogens with one attached hydrogen (secondary N) is 4. The highest BCUT2D eigenvalue weighted by atomic mass is 16.5. The van der Waals surface area contributed by atoms with Gasteiger partial charge in [-0.2, -0.15) is 0 Å². The minimum Gasteiger partial charge on any atom is -0.465 e. The van der Waals surface area contributed by atoms with Gasteiger partial charge in [-0.25, -0.2) is 4.79 Å². The van der Waals surface area contributed by atoms with Crippen LogP contribution in [0.15, 0.2) is 0 Å². The first kappa shape index (κ1) is 24.6. The van der Waals surface area contributed by atoms with Gasteiger partial charge in [0.05, 0.1) is 13.0 Å². The van der Waals surface area contributed by atoms with Crippen LogP contribution in [0.3, 0.4) is 0 Å². The molecule has 2 rings (SSSR count). The number of hydrogen-bond acceptors (Lipinski definition) is 8. The zero-order chi connectivity index (χ0) is 23.8. The van der Waals surface area contributed by atoms with Crippen LogP contribution in [0.1, 0.15) is 20.3 Å². The van der Waals surface area contributed by atoms with Crippen LogP contribution in [0.25, 0.3) is 0 Å². The van der Waals surface area contributed by atoms with Gasteiger partial charge < -0.3 is 30.9 Å². The Morgan fingerprint density at radius 1 is 1.12 bits per heavy atom. The number of carbonyl (C=O) groups excluding carboxylic acids is 7. The van der Waals surface area contributed by atoms with Crippen molar-refractivity contribution in [1.82, 2.24) is 31.1 Å². The summed E-state index contributed by atoms with van der Waals surface area (Å²) in [5.74, 6) is -4.61. The average Bonchev–Trinajstić information content (AvgIpc) is 2.76. The van der Waals surface area contributed by atoms with Crippen molar-refractivity contribution in [2.75, 3.05) is 39.3 Å². The molecule has 0 aromatic rings. The number of esters is 1. The fourth-order valence-corrected chi connectivity index (χ4v) is 2.92. The predicted molar refractivity (Wildman–Crippen MR) is 105 cm³/mol. The van der Waals surface area contributed by atoms with Crippen molar-refractivity contribution in [3.05, 3.63) is 0 Å². The molecule has 2 aliphatic heterocycles. The smallest absolute Gasteiger partial charge is 0.325 e. The first-order valence-corrected chi connectivity index (χ1v) is 10.1. The van der Waals surface area contributed by atoms with Crippen LogP contribution in [0.2, 0.25) is 0 Å². The molecule has 2 unspecified atom stereocenters. The Labute approximate surface area is 183 Å². The molecule has 2 fully saturated rings. The monoisotopic (exact) mass is 454 g/mol. The Balaban J connectivity index is 2.03. The zero-order valence-electron chi connectivity index (χ0n) is 17.8. The molecular weight excluding hydrogens is 428 g/mol. The maximum absolute atomic E-state index is 12.6. The quantitative estimate of drug-likeness (QED) is 0.157. The van der Waals surface area contributed by atoms with Gasteiger partial charge in [0.2, 0.25) is 17.7 Å². The van der Waals surface area contributed by atoms with E-state index in [4.69, 9.17) is 0 Å². The molecule has 0 spiro atoms. The molecule has 2 atom stereocenters. The van der Waals surface area contributed by atoms with E-state index in [0.29, 0.717) is 11.4 Å². The number of amides is 7. The first-order chi connectivity index (χ1) is 15.2. The number of piperazine rings is 1. The lowest BCUT2D eigenvalue weighted by atomic mass is 10.1. The van der Waals surface area contributed by atoms with Crippen molar-refractivity contribution in [2.45, 2.75) is 32.4 Å². The number of imide groups is 1. The lowest BCUT2D eigenvalue weighted by molar-refractivity contribution is -0.153. The molecule has 2 heterocycles. The molecule has 7 amide bonds. The molecule has 0 aliphatic carbocycles. The number of rotatable bonds is 9. The zero-order valence-corrected chi connectivity index (χ0v) is 17.8. The summed E-state index contributed by atoms with van der Waals surface area (Å²) < 4.78 is 4.69. The van der Waals surface area contributed by atoms with E-state index in [9.17, 15) is 33.6 Å². The Morgan fingerprint density at radius 3 is 2.41 bits per heavy atom. The predicted octanol–water partition coefficient (Wildman–Crippen LogP) is -3.56. The number of likely N-dealkylation sites (N-methyl/N-ethyl adjacent to an activating group) is 1. The molecule has 0 aromatic carbocycles. The Morgan fingerprint density at radius 2 is 1.84 bits per heavy atom. The molecule has 2 saturated heterocycles. The van der Waals surface area contributed by atoms with Gasteiger partial charge in [0.25, 0.3) is 0 Å². The number of β-lactam (4-membered cyclic amide) rings is 1. The summed E-state index contributed by atoms with van der Waals surface area (Å²) >= 11 is 0. The van der Waals surface area contributed by atoms with E-state index in [2.05, 4.69) is 26.0 Å². The largest absolute Gasteiger partial charge is 0.465 e. The van der Waals surface area contributed by atoms with E-state index in [1.807, 2.05) is 0 Å². The van der Waals surface area contributed by atoms with Gasteiger partial charge in [0.1, 0.15) is 18.6 Å². The summed E-state index contributed by atoms with van der Waals surface area (Å²) in [6.07, 6.45) is -0.581. The Hall–Kier alpha value is -3.71. The van der Waals surface area contributed by atoms with Crippen molar-refractivity contribution in [3.63, 3.8) is 0 Å². The van der Waals surface area contributed by atoms with E-state index < -0.39 is 66.6 Å². The van der Waals surface area contributed by atoms with Crippen molar-refractivity contribution < 1.29 is 38.3 Å². The van der Waals surface area contributed by atoms with Crippen LogP contribution in [0.5, 0.6) is 0 Å². The summed E-state index contributed by atoms with van der Waals surface area (Å²) in [5, 5.41) is 9.34. The number of nitrogens with zero attached hydrogens (tertiary/aromatic N) is 2. The number of carbonyl (C=O) groups is 7. The van der Waals surface area contributed by atoms with Gasteiger partial charge >= 0.3 is 23.8 Å². The fraction of sp³-hybridized carbons (Fsp3) is 0.611. The van der Waals surface area contributed by atoms with E-state index in [1.165, 1.54) is 4.90 Å². The summed E-state index contributed by atoms with van der Waals surface area (Å²) in [6, 6.07) is -3.32. The van der Waals surface area contributed by atoms with Gasteiger partial charge in [-0.05, 0) is 13.8 Å². The third-order valence-electron chi connectivity index (χ3n) is 4.79. The summed E-state index contributed by atoms with van der Waals surface area (Å²) in [5.41, 5.74) is 0. The lowest BCUT2D eigenvalue weighted by Gasteiger charge is -2.33. The summed E-state index contributed by atoms with van der Waals surface area (Å²) in [6.45, 7) is 3.50. The maximum atomic E-state index is 12.6. The van der Waals surface area contributed by atoms with E-state index in [0.717, 1.165) is 0 Å². The molecule has 0 saturated carbocycles.